The number of hydrogen-bond donors (Lipinski definition) is 2. The van der Waals surface area contributed by atoms with Gasteiger partial charge in [-0.3, -0.25) is 9.78 Å². The lowest BCUT2D eigenvalue weighted by atomic mass is 10.0. The molecule has 3 rings (SSSR count). The summed E-state index contributed by atoms with van der Waals surface area (Å²) in [4.78, 5) is 16.8. The Morgan fingerprint density at radius 1 is 1.21 bits per heavy atom. The van der Waals surface area contributed by atoms with Gasteiger partial charge in [-0.1, -0.05) is 41.6 Å². The summed E-state index contributed by atoms with van der Waals surface area (Å²) < 4.78 is 5.21. The van der Waals surface area contributed by atoms with E-state index in [-0.39, 0.29) is 23.8 Å². The van der Waals surface area contributed by atoms with Gasteiger partial charge in [-0.15, -0.1) is 0 Å². The van der Waals surface area contributed by atoms with Crippen LogP contribution < -0.4 is 5.32 Å². The largest absolute Gasteiger partial charge is 0.385 e. The summed E-state index contributed by atoms with van der Waals surface area (Å²) in [6.07, 6.45) is 0.725. The highest BCUT2D eigenvalue weighted by Crippen LogP contribution is 2.28. The summed E-state index contributed by atoms with van der Waals surface area (Å²) in [5.74, 6) is -0.218. The Bertz CT molecular complexity index is 814. The molecule has 3 aromatic rings. The second-order valence-electron chi connectivity index (χ2n) is 5.32. The number of aliphatic hydroxyl groups excluding tert-OH is 1. The van der Waals surface area contributed by atoms with E-state index in [9.17, 15) is 9.90 Å². The Morgan fingerprint density at radius 3 is 2.62 bits per heavy atom. The molecule has 0 saturated carbocycles. The topological polar surface area (TPSA) is 88.2 Å². The molecule has 0 radical (unpaired) electrons. The Labute approximate surface area is 139 Å². The normalized spacial score (nSPS) is 11.9. The maximum atomic E-state index is 12.6. The smallest absolute Gasteiger partial charge is 0.257 e. The zero-order valence-electron chi connectivity index (χ0n) is 13.1. The van der Waals surface area contributed by atoms with E-state index < -0.39 is 6.10 Å². The summed E-state index contributed by atoms with van der Waals surface area (Å²) in [7, 11) is 0. The van der Waals surface area contributed by atoms with Crippen molar-refractivity contribution in [1.29, 1.82) is 0 Å². The molecule has 1 amide bonds. The summed E-state index contributed by atoms with van der Waals surface area (Å²) in [5, 5.41) is 16.6. The fraction of sp³-hybridized carbons (Fsp3) is 0.167. The van der Waals surface area contributed by atoms with Crippen LogP contribution in [0.3, 0.4) is 0 Å². The van der Waals surface area contributed by atoms with Gasteiger partial charge in [0, 0.05) is 11.8 Å². The zero-order chi connectivity index (χ0) is 16.9. The van der Waals surface area contributed by atoms with Gasteiger partial charge < -0.3 is 14.9 Å². The number of carbonyl (C=O) groups excluding carboxylic acids is 1. The number of carbonyl (C=O) groups is 1. The minimum atomic E-state index is -0.939. The number of hydrogen-bond acceptors (Lipinski definition) is 5. The molecule has 0 unspecified atom stereocenters. The number of amides is 1. The Balaban J connectivity index is 1.90. The molecule has 6 heteroatoms. The second kappa shape index (κ2) is 7.06. The first-order valence-electron chi connectivity index (χ1n) is 7.58. The van der Waals surface area contributed by atoms with Crippen LogP contribution in [0.4, 0.5) is 0 Å². The standard InChI is InChI=1S/C18H17N3O3/c1-12(22)17-15(16(21-24-17)13-7-3-2-4-8-13)18(23)20-11-14-9-5-6-10-19-14/h2-10,12,22H,11H2,1H3,(H,20,23)/t12-/m0/s1. The van der Waals surface area contributed by atoms with E-state index in [1.54, 1.807) is 6.20 Å². The molecule has 0 bridgehead atoms. The molecule has 0 aliphatic heterocycles. The van der Waals surface area contributed by atoms with Gasteiger partial charge in [-0.05, 0) is 19.1 Å². The van der Waals surface area contributed by atoms with Crippen LogP contribution in [-0.4, -0.2) is 21.2 Å². The molecule has 122 valence electrons. The number of aliphatic hydroxyl groups is 1. The molecule has 0 aliphatic carbocycles. The number of pyridine rings is 1. The molecule has 2 aromatic heterocycles. The summed E-state index contributed by atoms with van der Waals surface area (Å²) in [6, 6.07) is 14.7. The van der Waals surface area contributed by atoms with Crippen LogP contribution in [0.1, 0.15) is 34.8 Å². The van der Waals surface area contributed by atoms with Crippen molar-refractivity contribution in [2.24, 2.45) is 0 Å². The van der Waals surface area contributed by atoms with E-state index in [1.165, 1.54) is 6.92 Å². The monoisotopic (exact) mass is 323 g/mol. The molecule has 2 N–H and O–H groups in total. The van der Waals surface area contributed by atoms with Crippen LogP contribution in [0.15, 0.2) is 59.3 Å². The maximum Gasteiger partial charge on any atom is 0.257 e. The van der Waals surface area contributed by atoms with Gasteiger partial charge in [-0.2, -0.15) is 0 Å². The highest BCUT2D eigenvalue weighted by Gasteiger charge is 2.26. The first kappa shape index (κ1) is 15.9. The van der Waals surface area contributed by atoms with Gasteiger partial charge >= 0.3 is 0 Å². The molecule has 0 fully saturated rings. The number of nitrogens with one attached hydrogen (secondary N) is 1. The van der Waals surface area contributed by atoms with Crippen molar-refractivity contribution >= 4 is 5.91 Å². The van der Waals surface area contributed by atoms with Crippen molar-refractivity contribution < 1.29 is 14.4 Å². The molecule has 2 heterocycles. The van der Waals surface area contributed by atoms with Crippen LogP contribution in [0, 0.1) is 0 Å². The van der Waals surface area contributed by atoms with Crippen LogP contribution in [0.25, 0.3) is 11.3 Å². The van der Waals surface area contributed by atoms with E-state index in [4.69, 9.17) is 4.52 Å². The third kappa shape index (κ3) is 3.33. The van der Waals surface area contributed by atoms with Crippen LogP contribution in [0.2, 0.25) is 0 Å². The fourth-order valence-corrected chi connectivity index (χ4v) is 2.36. The SMILES string of the molecule is C[C@H](O)c1onc(-c2ccccc2)c1C(=O)NCc1ccccn1. The van der Waals surface area contributed by atoms with Crippen LogP contribution >= 0.6 is 0 Å². The van der Waals surface area contributed by atoms with E-state index in [0.29, 0.717) is 5.69 Å². The van der Waals surface area contributed by atoms with Gasteiger partial charge in [-0.25, -0.2) is 0 Å². The summed E-state index contributed by atoms with van der Waals surface area (Å²) >= 11 is 0. The number of benzene rings is 1. The van der Waals surface area contributed by atoms with Crippen molar-refractivity contribution in [3.05, 3.63) is 71.7 Å². The minimum Gasteiger partial charge on any atom is -0.385 e. The molecule has 1 aromatic carbocycles. The predicted octanol–water partition coefficient (Wildman–Crippen LogP) is 2.72. The average molecular weight is 323 g/mol. The van der Waals surface area contributed by atoms with Crippen LogP contribution in [0.5, 0.6) is 0 Å². The summed E-state index contributed by atoms with van der Waals surface area (Å²) in [6.45, 7) is 1.81. The zero-order valence-corrected chi connectivity index (χ0v) is 13.1. The van der Waals surface area contributed by atoms with E-state index >= 15 is 0 Å². The quantitative estimate of drug-likeness (QED) is 0.753. The molecule has 0 spiro atoms. The van der Waals surface area contributed by atoms with Gasteiger partial charge in [0.05, 0.1) is 12.2 Å². The van der Waals surface area contributed by atoms with Crippen molar-refractivity contribution in [2.75, 3.05) is 0 Å². The van der Waals surface area contributed by atoms with E-state index in [0.717, 1.165) is 11.3 Å². The molecular weight excluding hydrogens is 306 g/mol. The maximum absolute atomic E-state index is 12.6. The van der Waals surface area contributed by atoms with Gasteiger partial charge in [0.15, 0.2) is 5.76 Å². The Hall–Kier alpha value is -2.99. The lowest BCUT2D eigenvalue weighted by molar-refractivity contribution is 0.0937. The lowest BCUT2D eigenvalue weighted by Crippen LogP contribution is -2.24. The highest BCUT2D eigenvalue weighted by atomic mass is 16.5. The Kier molecular flexibility index (Phi) is 4.67. The van der Waals surface area contributed by atoms with Gasteiger partial charge in [0.2, 0.25) is 0 Å². The van der Waals surface area contributed by atoms with Crippen molar-refractivity contribution in [3.8, 4) is 11.3 Å². The average Bonchev–Trinajstić information content (AvgIpc) is 3.07. The van der Waals surface area contributed by atoms with Gasteiger partial charge in [0.1, 0.15) is 17.4 Å². The second-order valence-corrected chi connectivity index (χ2v) is 5.32. The number of nitrogens with zero attached hydrogens (tertiary/aromatic N) is 2. The van der Waals surface area contributed by atoms with E-state index in [2.05, 4.69) is 15.5 Å². The molecule has 6 nitrogen and oxygen atoms in total. The third-order valence-corrected chi connectivity index (χ3v) is 3.53. The third-order valence-electron chi connectivity index (χ3n) is 3.53. The number of aromatic nitrogens is 2. The van der Waals surface area contributed by atoms with Gasteiger partial charge in [0.25, 0.3) is 5.91 Å². The fourth-order valence-electron chi connectivity index (χ4n) is 2.36. The van der Waals surface area contributed by atoms with Crippen LogP contribution in [-0.2, 0) is 6.54 Å². The first-order chi connectivity index (χ1) is 11.7. The van der Waals surface area contributed by atoms with Crippen molar-refractivity contribution in [2.45, 2.75) is 19.6 Å². The molecule has 24 heavy (non-hydrogen) atoms. The van der Waals surface area contributed by atoms with Crippen molar-refractivity contribution in [1.82, 2.24) is 15.5 Å². The molecule has 0 saturated heterocycles. The lowest BCUT2D eigenvalue weighted by Gasteiger charge is -2.07. The Morgan fingerprint density at radius 2 is 1.96 bits per heavy atom. The molecule has 1 atom stereocenters. The first-order valence-corrected chi connectivity index (χ1v) is 7.58. The highest BCUT2D eigenvalue weighted by molar-refractivity contribution is 6.00. The molecular formula is C18H17N3O3. The number of rotatable bonds is 5. The van der Waals surface area contributed by atoms with E-state index in [1.807, 2.05) is 48.5 Å². The molecule has 0 aliphatic rings. The predicted molar refractivity (Wildman–Crippen MR) is 88.0 cm³/mol. The minimum absolute atomic E-state index is 0.146. The summed E-state index contributed by atoms with van der Waals surface area (Å²) in [5.41, 5.74) is 2.13. The van der Waals surface area contributed by atoms with Crippen molar-refractivity contribution in [3.63, 3.8) is 0 Å².